The summed E-state index contributed by atoms with van der Waals surface area (Å²) in [5, 5.41) is -0.445. The van der Waals surface area contributed by atoms with Crippen LogP contribution < -0.4 is 15.0 Å². The van der Waals surface area contributed by atoms with Gasteiger partial charge in [-0.15, -0.1) is 0 Å². The lowest BCUT2D eigenvalue weighted by Gasteiger charge is -2.19. The van der Waals surface area contributed by atoms with Gasteiger partial charge in [0.2, 0.25) is 21.8 Å². The van der Waals surface area contributed by atoms with Crippen LogP contribution >= 0.6 is 0 Å². The Kier molecular flexibility index (Phi) is 8.86. The number of hydrogen-bond acceptors (Lipinski definition) is 9. The number of nitrogens with zero attached hydrogens (tertiary/aromatic N) is 4. The monoisotopic (exact) mass is 646 g/mol. The summed E-state index contributed by atoms with van der Waals surface area (Å²) in [4.78, 5) is 25.1. The second-order valence-electron chi connectivity index (χ2n) is 10.7. The van der Waals surface area contributed by atoms with Crippen molar-refractivity contribution >= 4 is 9.84 Å². The molecule has 6 rings (SSSR count). The van der Waals surface area contributed by atoms with Crippen LogP contribution in [0.15, 0.2) is 95.3 Å². The quantitative estimate of drug-likeness (QED) is 0.179. The average Bonchev–Trinajstić information content (AvgIpc) is 3.52. The van der Waals surface area contributed by atoms with Gasteiger partial charge in [0.25, 0.3) is 5.56 Å². The topological polar surface area (TPSA) is 123 Å². The van der Waals surface area contributed by atoms with E-state index < -0.39 is 44.0 Å². The van der Waals surface area contributed by atoms with E-state index in [0.717, 1.165) is 6.07 Å². The fourth-order valence-corrected chi connectivity index (χ4v) is 6.23. The first-order valence-electron chi connectivity index (χ1n) is 14.3. The van der Waals surface area contributed by atoms with Gasteiger partial charge >= 0.3 is 0 Å². The van der Waals surface area contributed by atoms with Crippen LogP contribution in [0, 0.1) is 18.6 Å². The molecule has 0 aliphatic carbocycles. The van der Waals surface area contributed by atoms with Crippen LogP contribution in [0.5, 0.6) is 11.5 Å². The molecule has 0 amide bonds. The molecule has 4 heterocycles. The predicted molar refractivity (Wildman–Crippen MR) is 163 cm³/mol. The molecule has 1 atom stereocenters. The van der Waals surface area contributed by atoms with Crippen molar-refractivity contribution in [3.8, 4) is 22.8 Å². The summed E-state index contributed by atoms with van der Waals surface area (Å²) in [5.41, 5.74) is 1.49. The standard InChI is InChI=1S/C33H28F2N4O6S/c1-21-14-28(25-16-27(35)32(40)39(18-25)17-22-6-7-30-31(15-22)45-20-44-30)38-33(37-21)46(41,42)13-10-29(23-8-11-36-12-9-23)43-19-24-4-2-3-5-26(24)34/h2-9,11-12,14-16,18,29H,10,13,17,19-20H2,1H3. The molecule has 5 aromatic rings. The summed E-state index contributed by atoms with van der Waals surface area (Å²) in [7, 11) is -4.07. The van der Waals surface area contributed by atoms with Gasteiger partial charge in [0.1, 0.15) is 5.82 Å². The highest BCUT2D eigenvalue weighted by molar-refractivity contribution is 7.91. The van der Waals surface area contributed by atoms with E-state index in [2.05, 4.69) is 15.0 Å². The molecule has 13 heteroatoms. The molecule has 1 aliphatic heterocycles. The number of aromatic nitrogens is 4. The van der Waals surface area contributed by atoms with E-state index in [4.69, 9.17) is 14.2 Å². The van der Waals surface area contributed by atoms with Crippen LogP contribution in [0.2, 0.25) is 0 Å². The second kappa shape index (κ2) is 13.2. The molecular formula is C33H28F2N4O6S. The van der Waals surface area contributed by atoms with Gasteiger partial charge < -0.3 is 18.8 Å². The Morgan fingerprint density at radius 2 is 1.74 bits per heavy atom. The van der Waals surface area contributed by atoms with E-state index in [-0.39, 0.29) is 37.6 Å². The Labute approximate surface area is 263 Å². The normalized spacial score (nSPS) is 13.1. The van der Waals surface area contributed by atoms with Crippen LogP contribution in [0.4, 0.5) is 8.78 Å². The fourth-order valence-electron chi connectivity index (χ4n) is 5.00. The summed E-state index contributed by atoms with van der Waals surface area (Å²) in [5.74, 6) is -0.746. The highest BCUT2D eigenvalue weighted by atomic mass is 32.2. The van der Waals surface area contributed by atoms with Crippen molar-refractivity contribution in [3.63, 3.8) is 0 Å². The number of benzene rings is 2. The smallest absolute Gasteiger partial charge is 0.286 e. The first-order valence-corrected chi connectivity index (χ1v) is 15.9. The van der Waals surface area contributed by atoms with Gasteiger partial charge in [-0.1, -0.05) is 24.3 Å². The van der Waals surface area contributed by atoms with E-state index in [1.54, 1.807) is 67.8 Å². The SMILES string of the molecule is Cc1cc(-c2cc(F)c(=O)n(Cc3ccc4c(c3)OCO4)c2)nc(S(=O)(=O)CCC(OCc2ccccc2F)c2ccncc2)n1. The van der Waals surface area contributed by atoms with E-state index in [1.807, 2.05) is 0 Å². The number of hydrogen-bond donors (Lipinski definition) is 0. The molecule has 1 aliphatic rings. The average molecular weight is 647 g/mol. The molecule has 0 N–H and O–H groups in total. The number of pyridine rings is 2. The van der Waals surface area contributed by atoms with Crippen LogP contribution in [-0.4, -0.2) is 40.5 Å². The molecule has 1 unspecified atom stereocenters. The summed E-state index contributed by atoms with van der Waals surface area (Å²) in [6.07, 6.45) is 3.86. The lowest BCUT2D eigenvalue weighted by molar-refractivity contribution is 0.0360. The number of aryl methyl sites for hydroxylation is 1. The van der Waals surface area contributed by atoms with Gasteiger partial charge in [-0.25, -0.2) is 27.2 Å². The zero-order chi connectivity index (χ0) is 32.3. The van der Waals surface area contributed by atoms with Crippen molar-refractivity contribution in [2.75, 3.05) is 12.5 Å². The zero-order valence-corrected chi connectivity index (χ0v) is 25.4. The summed E-state index contributed by atoms with van der Waals surface area (Å²) >= 11 is 0. The number of ether oxygens (including phenoxy) is 3. The molecule has 236 valence electrons. The van der Waals surface area contributed by atoms with E-state index in [9.17, 15) is 22.0 Å². The molecule has 46 heavy (non-hydrogen) atoms. The van der Waals surface area contributed by atoms with Gasteiger partial charge in [-0.3, -0.25) is 9.78 Å². The minimum atomic E-state index is -4.07. The van der Waals surface area contributed by atoms with Crippen LogP contribution in [0.25, 0.3) is 11.3 Å². The van der Waals surface area contributed by atoms with Gasteiger partial charge in [0.15, 0.2) is 17.3 Å². The van der Waals surface area contributed by atoms with Crippen LogP contribution in [0.1, 0.15) is 34.9 Å². The van der Waals surface area contributed by atoms with Crippen LogP contribution in [0.3, 0.4) is 0 Å². The van der Waals surface area contributed by atoms with Crippen molar-refractivity contribution in [2.24, 2.45) is 0 Å². The number of sulfone groups is 1. The van der Waals surface area contributed by atoms with Crippen molar-refractivity contribution in [1.82, 2.24) is 19.5 Å². The Bertz CT molecular complexity index is 2060. The number of halogens is 2. The Balaban J connectivity index is 1.24. The molecule has 0 spiro atoms. The minimum absolute atomic E-state index is 0.0163. The third-order valence-electron chi connectivity index (χ3n) is 7.36. The highest BCUT2D eigenvalue weighted by Gasteiger charge is 2.24. The number of fused-ring (bicyclic) bond motifs is 1. The van der Waals surface area contributed by atoms with E-state index in [0.29, 0.717) is 33.9 Å². The highest BCUT2D eigenvalue weighted by Crippen LogP contribution is 2.33. The molecule has 0 bridgehead atoms. The van der Waals surface area contributed by atoms with Crippen molar-refractivity contribution in [2.45, 2.75) is 37.8 Å². The van der Waals surface area contributed by atoms with Gasteiger partial charge in [0, 0.05) is 35.4 Å². The molecule has 0 saturated carbocycles. The van der Waals surface area contributed by atoms with Crippen molar-refractivity contribution < 1.29 is 31.4 Å². The third kappa shape index (κ3) is 6.95. The van der Waals surface area contributed by atoms with Crippen molar-refractivity contribution in [1.29, 1.82) is 0 Å². The van der Waals surface area contributed by atoms with Crippen molar-refractivity contribution in [3.05, 3.63) is 130 Å². The molecule has 10 nitrogen and oxygen atoms in total. The van der Waals surface area contributed by atoms with Gasteiger partial charge in [-0.2, -0.15) is 0 Å². The Morgan fingerprint density at radius 3 is 2.54 bits per heavy atom. The molecule has 3 aromatic heterocycles. The maximum Gasteiger partial charge on any atom is 0.286 e. The Morgan fingerprint density at radius 1 is 0.957 bits per heavy atom. The maximum atomic E-state index is 14.9. The maximum absolute atomic E-state index is 14.9. The number of rotatable bonds is 11. The summed E-state index contributed by atoms with van der Waals surface area (Å²) in [6.45, 7) is 1.64. The van der Waals surface area contributed by atoms with Gasteiger partial charge in [0.05, 0.1) is 30.7 Å². The second-order valence-corrected chi connectivity index (χ2v) is 12.7. The Hall–Kier alpha value is -5.01. The molecule has 0 fully saturated rings. The summed E-state index contributed by atoms with van der Waals surface area (Å²) in [6, 6.07) is 17.3. The largest absolute Gasteiger partial charge is 0.454 e. The minimum Gasteiger partial charge on any atom is -0.454 e. The van der Waals surface area contributed by atoms with E-state index in [1.165, 1.54) is 22.9 Å². The predicted octanol–water partition coefficient (Wildman–Crippen LogP) is 5.19. The summed E-state index contributed by atoms with van der Waals surface area (Å²) < 4.78 is 74.1. The fraction of sp³-hybridized carbons (Fsp3) is 0.212. The third-order valence-corrected chi connectivity index (χ3v) is 8.88. The molecule has 0 saturated heterocycles. The first-order chi connectivity index (χ1) is 22.2. The van der Waals surface area contributed by atoms with Gasteiger partial charge in [-0.05, 0) is 66.9 Å². The zero-order valence-electron chi connectivity index (χ0n) is 24.6. The molecule has 0 radical (unpaired) electrons. The van der Waals surface area contributed by atoms with E-state index >= 15 is 0 Å². The molecule has 2 aromatic carbocycles. The first kappa shape index (κ1) is 31.0. The van der Waals surface area contributed by atoms with Crippen LogP contribution in [-0.2, 0) is 27.7 Å². The molecular weight excluding hydrogens is 618 g/mol. The lowest BCUT2D eigenvalue weighted by atomic mass is 10.1. The lowest BCUT2D eigenvalue weighted by Crippen LogP contribution is -2.23.